The molecule has 0 saturated heterocycles. The number of pyridine rings is 1. The Bertz CT molecular complexity index is 787. The number of nitriles is 1. The van der Waals surface area contributed by atoms with Gasteiger partial charge in [0.15, 0.2) is 0 Å². The van der Waals surface area contributed by atoms with Crippen molar-refractivity contribution in [2.24, 2.45) is 0 Å². The minimum Gasteiger partial charge on any atom is -0.496 e. The molecule has 0 aliphatic rings. The second-order valence-corrected chi connectivity index (χ2v) is 4.30. The van der Waals surface area contributed by atoms with E-state index < -0.39 is 11.5 Å². The van der Waals surface area contributed by atoms with E-state index in [2.05, 4.69) is 0 Å². The standard InChI is InChI=1S/C15H12N2O4/c1-21-13-5-4-10(8-16)7-11(13)9-17-6-2-3-12(14(17)18)15(19)20/h2-7H,9H2,1H3,(H,19,20). The van der Waals surface area contributed by atoms with Crippen LogP contribution in [0.15, 0.2) is 41.3 Å². The molecular weight excluding hydrogens is 272 g/mol. The van der Waals surface area contributed by atoms with Gasteiger partial charge in [0.2, 0.25) is 0 Å². The van der Waals surface area contributed by atoms with E-state index in [4.69, 9.17) is 15.1 Å². The van der Waals surface area contributed by atoms with Crippen molar-refractivity contribution < 1.29 is 14.6 Å². The number of hydrogen-bond acceptors (Lipinski definition) is 4. The first kappa shape index (κ1) is 14.3. The lowest BCUT2D eigenvalue weighted by Gasteiger charge is -2.11. The molecule has 0 aliphatic heterocycles. The number of aromatic nitrogens is 1. The zero-order valence-corrected chi connectivity index (χ0v) is 11.2. The summed E-state index contributed by atoms with van der Waals surface area (Å²) in [5.41, 5.74) is 0.164. The zero-order chi connectivity index (χ0) is 15.4. The average molecular weight is 284 g/mol. The zero-order valence-electron chi connectivity index (χ0n) is 11.2. The van der Waals surface area contributed by atoms with E-state index >= 15 is 0 Å². The van der Waals surface area contributed by atoms with E-state index in [-0.39, 0.29) is 12.1 Å². The van der Waals surface area contributed by atoms with Gasteiger partial charge in [0.1, 0.15) is 11.3 Å². The average Bonchev–Trinajstić information content (AvgIpc) is 2.49. The summed E-state index contributed by atoms with van der Waals surface area (Å²) in [6.45, 7) is 0.124. The Balaban J connectivity index is 2.48. The highest BCUT2D eigenvalue weighted by molar-refractivity contribution is 5.86. The molecule has 0 radical (unpaired) electrons. The van der Waals surface area contributed by atoms with Gasteiger partial charge < -0.3 is 14.4 Å². The third-order valence-electron chi connectivity index (χ3n) is 3.00. The van der Waals surface area contributed by atoms with Crippen LogP contribution in [-0.4, -0.2) is 22.8 Å². The summed E-state index contributed by atoms with van der Waals surface area (Å²) in [4.78, 5) is 23.0. The molecule has 1 heterocycles. The van der Waals surface area contributed by atoms with Gasteiger partial charge >= 0.3 is 5.97 Å². The fourth-order valence-corrected chi connectivity index (χ4v) is 1.98. The minimum absolute atomic E-state index is 0.124. The fraction of sp³-hybridized carbons (Fsp3) is 0.133. The van der Waals surface area contributed by atoms with Gasteiger partial charge in [-0.2, -0.15) is 5.26 Å². The van der Waals surface area contributed by atoms with E-state index in [1.165, 1.54) is 30.0 Å². The molecule has 0 bridgehead atoms. The second-order valence-electron chi connectivity index (χ2n) is 4.30. The Morgan fingerprint density at radius 2 is 2.19 bits per heavy atom. The highest BCUT2D eigenvalue weighted by Crippen LogP contribution is 2.20. The molecule has 2 aromatic rings. The van der Waals surface area contributed by atoms with Crippen molar-refractivity contribution in [3.05, 3.63) is 63.6 Å². The summed E-state index contributed by atoms with van der Waals surface area (Å²) in [5, 5.41) is 17.9. The molecule has 6 heteroatoms. The Labute approximate surface area is 120 Å². The Morgan fingerprint density at radius 1 is 1.43 bits per heavy atom. The van der Waals surface area contributed by atoms with Crippen LogP contribution in [0.2, 0.25) is 0 Å². The van der Waals surface area contributed by atoms with Crippen LogP contribution in [0.5, 0.6) is 5.75 Å². The quantitative estimate of drug-likeness (QED) is 0.917. The van der Waals surface area contributed by atoms with Crippen molar-refractivity contribution in [1.29, 1.82) is 5.26 Å². The maximum Gasteiger partial charge on any atom is 0.341 e. The van der Waals surface area contributed by atoms with Crippen LogP contribution >= 0.6 is 0 Å². The second kappa shape index (κ2) is 5.92. The number of methoxy groups -OCH3 is 1. The third kappa shape index (κ3) is 2.92. The number of hydrogen-bond donors (Lipinski definition) is 1. The maximum atomic E-state index is 12.0. The summed E-state index contributed by atoms with van der Waals surface area (Å²) in [6, 6.07) is 9.62. The number of carboxylic acid groups (broad SMARTS) is 1. The van der Waals surface area contributed by atoms with E-state index in [0.29, 0.717) is 16.9 Å². The third-order valence-corrected chi connectivity index (χ3v) is 3.00. The first-order chi connectivity index (χ1) is 10.1. The molecule has 0 atom stereocenters. The van der Waals surface area contributed by atoms with Crippen LogP contribution in [0.25, 0.3) is 0 Å². The van der Waals surface area contributed by atoms with Gasteiger partial charge in [0.25, 0.3) is 5.56 Å². The van der Waals surface area contributed by atoms with Gasteiger partial charge in [-0.1, -0.05) is 0 Å². The number of aromatic carboxylic acids is 1. The predicted molar refractivity (Wildman–Crippen MR) is 74.5 cm³/mol. The lowest BCUT2D eigenvalue weighted by Crippen LogP contribution is -2.26. The summed E-state index contributed by atoms with van der Waals surface area (Å²) in [6.07, 6.45) is 1.49. The first-order valence-electron chi connectivity index (χ1n) is 6.06. The van der Waals surface area contributed by atoms with Crippen molar-refractivity contribution in [2.45, 2.75) is 6.54 Å². The molecule has 1 aromatic carbocycles. The van der Waals surface area contributed by atoms with Crippen molar-refractivity contribution in [2.75, 3.05) is 7.11 Å². The largest absolute Gasteiger partial charge is 0.496 e. The first-order valence-corrected chi connectivity index (χ1v) is 6.06. The molecule has 0 unspecified atom stereocenters. The SMILES string of the molecule is COc1ccc(C#N)cc1Cn1cccc(C(=O)O)c1=O. The summed E-state index contributed by atoms with van der Waals surface area (Å²) in [5.74, 6) is -0.742. The van der Waals surface area contributed by atoms with E-state index in [9.17, 15) is 9.59 Å². The van der Waals surface area contributed by atoms with Crippen LogP contribution < -0.4 is 10.3 Å². The molecule has 0 aliphatic carbocycles. The number of benzene rings is 1. The van der Waals surface area contributed by atoms with Crippen molar-refractivity contribution in [1.82, 2.24) is 4.57 Å². The molecular formula is C15H12N2O4. The predicted octanol–water partition coefficient (Wildman–Crippen LogP) is 1.48. The maximum absolute atomic E-state index is 12.0. The molecule has 1 N–H and O–H groups in total. The Kier molecular flexibility index (Phi) is 4.05. The van der Waals surface area contributed by atoms with Gasteiger partial charge in [-0.05, 0) is 30.3 Å². The number of carboxylic acids is 1. The van der Waals surface area contributed by atoms with Gasteiger partial charge in [0, 0.05) is 11.8 Å². The summed E-state index contributed by atoms with van der Waals surface area (Å²) < 4.78 is 6.46. The monoisotopic (exact) mass is 284 g/mol. The van der Waals surface area contributed by atoms with Crippen LogP contribution in [0.4, 0.5) is 0 Å². The Hall–Kier alpha value is -3.07. The highest BCUT2D eigenvalue weighted by atomic mass is 16.5. The Morgan fingerprint density at radius 3 is 2.81 bits per heavy atom. The lowest BCUT2D eigenvalue weighted by atomic mass is 10.1. The van der Waals surface area contributed by atoms with Gasteiger partial charge in [-0.15, -0.1) is 0 Å². The van der Waals surface area contributed by atoms with E-state index in [1.807, 2.05) is 6.07 Å². The number of rotatable bonds is 4. The van der Waals surface area contributed by atoms with Crippen molar-refractivity contribution in [3.8, 4) is 11.8 Å². The fourth-order valence-electron chi connectivity index (χ4n) is 1.98. The van der Waals surface area contributed by atoms with Gasteiger partial charge in [-0.25, -0.2) is 4.79 Å². The topological polar surface area (TPSA) is 92.3 Å². The molecule has 0 spiro atoms. The molecule has 0 saturated carbocycles. The number of nitrogens with zero attached hydrogens (tertiary/aromatic N) is 2. The molecule has 6 nitrogen and oxygen atoms in total. The summed E-state index contributed by atoms with van der Waals surface area (Å²) >= 11 is 0. The highest BCUT2D eigenvalue weighted by Gasteiger charge is 2.12. The number of ether oxygens (including phenoxy) is 1. The van der Waals surface area contributed by atoms with Crippen LogP contribution in [-0.2, 0) is 6.54 Å². The minimum atomic E-state index is -1.27. The molecule has 21 heavy (non-hydrogen) atoms. The van der Waals surface area contributed by atoms with Crippen LogP contribution in [0.1, 0.15) is 21.5 Å². The summed E-state index contributed by atoms with van der Waals surface area (Å²) in [7, 11) is 1.49. The number of carbonyl (C=O) groups is 1. The molecule has 0 amide bonds. The normalized spacial score (nSPS) is 9.90. The van der Waals surface area contributed by atoms with E-state index in [0.717, 1.165) is 0 Å². The lowest BCUT2D eigenvalue weighted by molar-refractivity contribution is 0.0694. The molecule has 106 valence electrons. The molecule has 0 fully saturated rings. The van der Waals surface area contributed by atoms with Crippen LogP contribution in [0.3, 0.4) is 0 Å². The van der Waals surface area contributed by atoms with Gasteiger partial charge in [0.05, 0.1) is 25.3 Å². The van der Waals surface area contributed by atoms with Crippen LogP contribution in [0, 0.1) is 11.3 Å². The van der Waals surface area contributed by atoms with Crippen molar-refractivity contribution >= 4 is 5.97 Å². The smallest absolute Gasteiger partial charge is 0.341 e. The molecule has 1 aromatic heterocycles. The van der Waals surface area contributed by atoms with Crippen molar-refractivity contribution in [3.63, 3.8) is 0 Å². The van der Waals surface area contributed by atoms with E-state index in [1.54, 1.807) is 18.2 Å². The molecule has 2 rings (SSSR count). The van der Waals surface area contributed by atoms with Gasteiger partial charge in [-0.3, -0.25) is 4.79 Å².